The lowest BCUT2D eigenvalue weighted by Crippen LogP contribution is -2.30. The highest BCUT2D eigenvalue weighted by Gasteiger charge is 2.31. The topological polar surface area (TPSA) is 62.6 Å². The normalized spacial score (nSPS) is 18.7. The van der Waals surface area contributed by atoms with Gasteiger partial charge in [-0.3, -0.25) is 9.69 Å². The summed E-state index contributed by atoms with van der Waals surface area (Å²) in [6, 6.07) is 1.33. The van der Waals surface area contributed by atoms with Gasteiger partial charge in [-0.1, -0.05) is 0 Å². The Hall–Kier alpha value is -2.04. The highest BCUT2D eigenvalue weighted by atomic mass is 16.3. The second kappa shape index (κ2) is 3.61. The molecule has 0 saturated carbocycles. The lowest BCUT2D eigenvalue weighted by Gasteiger charge is -2.05. The Kier molecular flexibility index (Phi) is 2.29. The molecular formula is C10H10N2O3. The van der Waals surface area contributed by atoms with Crippen LogP contribution in [0.4, 0.5) is 4.79 Å². The van der Waals surface area contributed by atoms with Gasteiger partial charge in [0.15, 0.2) is 0 Å². The number of nitrogens with one attached hydrogen (secondary N) is 1. The van der Waals surface area contributed by atoms with Gasteiger partial charge in [0.1, 0.15) is 5.70 Å². The molecule has 1 aromatic rings. The molecule has 1 saturated heterocycles. The van der Waals surface area contributed by atoms with Crippen LogP contribution < -0.4 is 5.32 Å². The van der Waals surface area contributed by atoms with Crippen LogP contribution in [0.2, 0.25) is 0 Å². The molecule has 2 heterocycles. The SMILES string of the molecule is CCN1C(=O)N/C(=C\c2ccoc2)C1=O. The molecular weight excluding hydrogens is 196 g/mol. The molecule has 3 amide bonds. The smallest absolute Gasteiger partial charge is 0.328 e. The Bertz CT molecular complexity index is 420. The Labute approximate surface area is 86.4 Å². The molecule has 1 N–H and O–H groups in total. The highest BCUT2D eigenvalue weighted by molar-refractivity contribution is 6.13. The van der Waals surface area contributed by atoms with Crippen LogP contribution in [0.15, 0.2) is 28.7 Å². The van der Waals surface area contributed by atoms with Crippen LogP contribution in [-0.4, -0.2) is 23.4 Å². The third-order valence-corrected chi connectivity index (χ3v) is 2.13. The summed E-state index contributed by atoms with van der Waals surface area (Å²) < 4.78 is 4.86. The number of furan rings is 1. The third kappa shape index (κ3) is 1.63. The summed E-state index contributed by atoms with van der Waals surface area (Å²) in [7, 11) is 0. The average Bonchev–Trinajstić information content (AvgIpc) is 2.78. The van der Waals surface area contributed by atoms with Crippen molar-refractivity contribution in [1.82, 2.24) is 10.2 Å². The molecule has 1 fully saturated rings. The summed E-state index contributed by atoms with van der Waals surface area (Å²) in [5.41, 5.74) is 1.03. The Balaban J connectivity index is 2.26. The van der Waals surface area contributed by atoms with Gasteiger partial charge in [-0.05, 0) is 19.1 Å². The van der Waals surface area contributed by atoms with Gasteiger partial charge in [-0.25, -0.2) is 4.79 Å². The number of likely N-dealkylation sites (N-methyl/N-ethyl adjacent to an activating group) is 1. The number of carbonyl (C=O) groups is 2. The minimum Gasteiger partial charge on any atom is -0.472 e. The molecule has 0 atom stereocenters. The maximum atomic E-state index is 11.6. The molecule has 2 rings (SSSR count). The lowest BCUT2D eigenvalue weighted by molar-refractivity contribution is -0.122. The second-order valence-electron chi connectivity index (χ2n) is 3.09. The van der Waals surface area contributed by atoms with E-state index < -0.39 is 0 Å². The molecule has 1 aliphatic heterocycles. The van der Waals surface area contributed by atoms with Crippen molar-refractivity contribution in [1.29, 1.82) is 0 Å². The van der Waals surface area contributed by atoms with Gasteiger partial charge in [0.25, 0.3) is 5.91 Å². The Morgan fingerprint density at radius 1 is 1.53 bits per heavy atom. The van der Waals surface area contributed by atoms with Gasteiger partial charge in [-0.15, -0.1) is 0 Å². The van der Waals surface area contributed by atoms with E-state index in [9.17, 15) is 9.59 Å². The van der Waals surface area contributed by atoms with E-state index in [-0.39, 0.29) is 17.6 Å². The van der Waals surface area contributed by atoms with E-state index in [1.165, 1.54) is 12.5 Å². The van der Waals surface area contributed by atoms with Gasteiger partial charge in [0.05, 0.1) is 12.5 Å². The lowest BCUT2D eigenvalue weighted by atomic mass is 10.2. The number of urea groups is 1. The summed E-state index contributed by atoms with van der Waals surface area (Å²) in [5, 5.41) is 2.50. The highest BCUT2D eigenvalue weighted by Crippen LogP contribution is 2.13. The summed E-state index contributed by atoms with van der Waals surface area (Å²) in [5.74, 6) is -0.302. The second-order valence-corrected chi connectivity index (χ2v) is 3.09. The van der Waals surface area contributed by atoms with Gasteiger partial charge >= 0.3 is 6.03 Å². The maximum Gasteiger partial charge on any atom is 0.328 e. The average molecular weight is 206 g/mol. The van der Waals surface area contributed by atoms with E-state index >= 15 is 0 Å². The maximum absolute atomic E-state index is 11.6. The molecule has 15 heavy (non-hydrogen) atoms. The monoisotopic (exact) mass is 206 g/mol. The first-order valence-electron chi connectivity index (χ1n) is 4.59. The van der Waals surface area contributed by atoms with Crippen molar-refractivity contribution in [3.63, 3.8) is 0 Å². The van der Waals surface area contributed by atoms with Gasteiger partial charge in [-0.2, -0.15) is 0 Å². The minimum absolute atomic E-state index is 0.281. The summed E-state index contributed by atoms with van der Waals surface area (Å²) >= 11 is 0. The third-order valence-electron chi connectivity index (χ3n) is 2.13. The zero-order chi connectivity index (χ0) is 10.8. The van der Waals surface area contributed by atoms with Crippen LogP contribution in [0.5, 0.6) is 0 Å². The molecule has 0 bridgehead atoms. The quantitative estimate of drug-likeness (QED) is 0.584. The molecule has 1 aromatic heterocycles. The zero-order valence-corrected chi connectivity index (χ0v) is 8.19. The van der Waals surface area contributed by atoms with E-state index in [0.717, 1.165) is 10.5 Å². The number of hydrogen-bond donors (Lipinski definition) is 1. The molecule has 0 aliphatic carbocycles. The fraction of sp³-hybridized carbons (Fsp3) is 0.200. The van der Waals surface area contributed by atoms with Crippen molar-refractivity contribution >= 4 is 18.0 Å². The molecule has 0 unspecified atom stereocenters. The van der Waals surface area contributed by atoms with E-state index in [1.54, 1.807) is 19.1 Å². The van der Waals surface area contributed by atoms with E-state index in [1.807, 2.05) is 0 Å². The predicted molar refractivity (Wildman–Crippen MR) is 52.6 cm³/mol. The van der Waals surface area contributed by atoms with Gasteiger partial charge in [0.2, 0.25) is 0 Å². The van der Waals surface area contributed by atoms with Crippen molar-refractivity contribution in [2.45, 2.75) is 6.92 Å². The zero-order valence-electron chi connectivity index (χ0n) is 8.19. The first-order chi connectivity index (χ1) is 7.22. The van der Waals surface area contributed by atoms with Gasteiger partial charge < -0.3 is 9.73 Å². The van der Waals surface area contributed by atoms with Crippen LogP contribution in [0.25, 0.3) is 6.08 Å². The molecule has 0 spiro atoms. The summed E-state index contributed by atoms with van der Waals surface area (Å²) in [4.78, 5) is 24.0. The van der Waals surface area contributed by atoms with Crippen molar-refractivity contribution in [3.05, 3.63) is 29.9 Å². The van der Waals surface area contributed by atoms with Crippen molar-refractivity contribution in [2.24, 2.45) is 0 Å². The summed E-state index contributed by atoms with van der Waals surface area (Å²) in [6.45, 7) is 2.12. The van der Waals surface area contributed by atoms with Crippen LogP contribution in [-0.2, 0) is 4.79 Å². The van der Waals surface area contributed by atoms with Crippen LogP contribution in [0, 0.1) is 0 Å². The number of rotatable bonds is 2. The molecule has 1 aliphatic rings. The molecule has 5 heteroatoms. The number of amides is 3. The standard InChI is InChI=1S/C10H10N2O3/c1-2-12-9(13)8(11-10(12)14)5-7-3-4-15-6-7/h3-6H,2H2,1H3,(H,11,14)/b8-5-. The number of carbonyl (C=O) groups excluding carboxylic acids is 2. The Morgan fingerprint density at radius 2 is 2.33 bits per heavy atom. The van der Waals surface area contributed by atoms with Crippen molar-refractivity contribution < 1.29 is 14.0 Å². The van der Waals surface area contributed by atoms with Crippen LogP contribution in [0.3, 0.4) is 0 Å². The summed E-state index contributed by atoms with van der Waals surface area (Å²) in [6.07, 6.45) is 4.59. The number of hydrogen-bond acceptors (Lipinski definition) is 3. The van der Waals surface area contributed by atoms with E-state index in [0.29, 0.717) is 6.54 Å². The number of nitrogens with zero attached hydrogens (tertiary/aromatic N) is 1. The molecule has 5 nitrogen and oxygen atoms in total. The molecule has 0 aromatic carbocycles. The van der Waals surface area contributed by atoms with Crippen molar-refractivity contribution in [3.8, 4) is 0 Å². The fourth-order valence-electron chi connectivity index (χ4n) is 1.38. The largest absolute Gasteiger partial charge is 0.472 e. The van der Waals surface area contributed by atoms with E-state index in [2.05, 4.69) is 5.32 Å². The Morgan fingerprint density at radius 3 is 2.87 bits per heavy atom. The first-order valence-corrected chi connectivity index (χ1v) is 4.59. The molecule has 0 radical (unpaired) electrons. The van der Waals surface area contributed by atoms with Crippen LogP contribution >= 0.6 is 0 Å². The predicted octanol–water partition coefficient (Wildman–Crippen LogP) is 1.19. The number of imide groups is 1. The fourth-order valence-corrected chi connectivity index (χ4v) is 1.38. The van der Waals surface area contributed by atoms with Crippen LogP contribution in [0.1, 0.15) is 12.5 Å². The first kappa shape index (κ1) is 9.51. The van der Waals surface area contributed by atoms with Gasteiger partial charge in [0, 0.05) is 12.1 Å². The van der Waals surface area contributed by atoms with Crippen molar-refractivity contribution in [2.75, 3.05) is 6.54 Å². The minimum atomic E-state index is -0.378. The van der Waals surface area contributed by atoms with E-state index in [4.69, 9.17) is 4.42 Å². The molecule has 78 valence electrons.